The van der Waals surface area contributed by atoms with E-state index in [9.17, 15) is 4.79 Å². The smallest absolute Gasteiger partial charge is 0.389 e. The molecule has 0 aliphatic rings. The van der Waals surface area contributed by atoms with Gasteiger partial charge in [-0.1, -0.05) is 18.7 Å². The summed E-state index contributed by atoms with van der Waals surface area (Å²) >= 11 is 0. The molecule has 2 rings (SSSR count). The second kappa shape index (κ2) is 12.0. The van der Waals surface area contributed by atoms with Crippen LogP contribution in [0.5, 0.6) is 0 Å². The highest BCUT2D eigenvalue weighted by molar-refractivity contribution is 5.62. The van der Waals surface area contributed by atoms with Crippen molar-refractivity contribution in [3.63, 3.8) is 0 Å². The van der Waals surface area contributed by atoms with Crippen molar-refractivity contribution in [2.24, 2.45) is 0 Å². The van der Waals surface area contributed by atoms with Crippen LogP contribution in [0, 0.1) is 0 Å². The van der Waals surface area contributed by atoms with Crippen LogP contribution in [0.4, 0.5) is 0 Å². The number of pyridine rings is 2. The molecule has 3 nitrogen and oxygen atoms in total. The van der Waals surface area contributed by atoms with Crippen molar-refractivity contribution in [3.8, 4) is 0 Å². The molecule has 0 aliphatic heterocycles. The number of hydrogen-bond acceptors (Lipinski definition) is 1. The Morgan fingerprint density at radius 1 is 1.00 bits per heavy atom. The van der Waals surface area contributed by atoms with E-state index in [1.54, 1.807) is 12.4 Å². The van der Waals surface area contributed by atoms with Crippen LogP contribution in [-0.2, 0) is 6.54 Å². The van der Waals surface area contributed by atoms with Gasteiger partial charge in [-0.3, -0.25) is 0 Å². The largest absolute Gasteiger partial charge is 1.00 e. The molecule has 0 saturated heterocycles. The number of rotatable bonds is 2. The molecule has 0 atom stereocenters. The monoisotopic (exact) mass is 296 g/mol. The summed E-state index contributed by atoms with van der Waals surface area (Å²) in [5.74, 6) is 0.0376. The molecule has 0 aliphatic carbocycles. The third-order valence-corrected chi connectivity index (χ3v) is 2.20. The third kappa shape index (κ3) is 8.11. The molecular formula is C15H18ClFN2O. The molecule has 0 N–H and O–H groups in total. The van der Waals surface area contributed by atoms with Crippen LogP contribution in [0.2, 0.25) is 0 Å². The summed E-state index contributed by atoms with van der Waals surface area (Å²) in [6, 6.07) is 11.5. The fraction of sp³-hybridized carbons (Fsp3) is 0.133. The lowest BCUT2D eigenvalue weighted by Crippen LogP contribution is -3.00. The Morgan fingerprint density at radius 3 is 1.80 bits per heavy atom. The molecule has 0 unspecified atom stereocenters. The molecule has 2 aromatic heterocycles. The van der Waals surface area contributed by atoms with E-state index in [1.807, 2.05) is 54.9 Å². The molecule has 0 amide bonds. The van der Waals surface area contributed by atoms with Crippen molar-refractivity contribution in [2.75, 3.05) is 0 Å². The Labute approximate surface area is 125 Å². The fourth-order valence-electron chi connectivity index (χ4n) is 1.31. The van der Waals surface area contributed by atoms with Gasteiger partial charge in [-0.25, -0.2) is 9.36 Å². The third-order valence-electron chi connectivity index (χ3n) is 2.20. The molecule has 0 radical (unpaired) electrons. The SMILES string of the molecule is C=CC[n+]1ccccc1.CC(=O)[n+]1ccccc1.[Cl-].[F-]. The lowest BCUT2D eigenvalue weighted by molar-refractivity contribution is -0.687. The Kier molecular flexibility index (Phi) is 12.1. The minimum Gasteiger partial charge on any atom is -1.00 e. The van der Waals surface area contributed by atoms with E-state index < -0.39 is 0 Å². The number of aromatic nitrogens is 2. The number of allylic oxidation sites excluding steroid dienone is 1. The first-order valence-corrected chi connectivity index (χ1v) is 5.76. The van der Waals surface area contributed by atoms with Crippen molar-refractivity contribution in [1.29, 1.82) is 0 Å². The summed E-state index contributed by atoms with van der Waals surface area (Å²) in [4.78, 5) is 10.6. The Morgan fingerprint density at radius 2 is 1.45 bits per heavy atom. The molecule has 20 heavy (non-hydrogen) atoms. The van der Waals surface area contributed by atoms with Gasteiger partial charge in [0.2, 0.25) is 0 Å². The Hall–Kier alpha value is -2.07. The van der Waals surface area contributed by atoms with Gasteiger partial charge in [0.15, 0.2) is 31.3 Å². The van der Waals surface area contributed by atoms with Crippen LogP contribution >= 0.6 is 0 Å². The second-order valence-corrected chi connectivity index (χ2v) is 3.66. The zero-order valence-corrected chi connectivity index (χ0v) is 12.1. The summed E-state index contributed by atoms with van der Waals surface area (Å²) in [6.07, 6.45) is 9.36. The van der Waals surface area contributed by atoms with Crippen molar-refractivity contribution in [2.45, 2.75) is 13.5 Å². The van der Waals surface area contributed by atoms with Crippen LogP contribution in [0.15, 0.2) is 73.8 Å². The van der Waals surface area contributed by atoms with Gasteiger partial charge in [0.1, 0.15) is 0 Å². The van der Waals surface area contributed by atoms with E-state index in [4.69, 9.17) is 0 Å². The van der Waals surface area contributed by atoms with Crippen LogP contribution in [0.1, 0.15) is 11.7 Å². The first kappa shape index (κ1) is 20.3. The quantitative estimate of drug-likeness (QED) is 0.408. The number of nitrogens with zero attached hydrogens (tertiary/aromatic N) is 2. The molecule has 0 spiro atoms. The van der Waals surface area contributed by atoms with Crippen molar-refractivity contribution >= 4 is 5.91 Å². The molecule has 0 aromatic carbocycles. The van der Waals surface area contributed by atoms with E-state index >= 15 is 0 Å². The predicted molar refractivity (Wildman–Crippen MR) is 69.8 cm³/mol. The molecule has 0 saturated carbocycles. The summed E-state index contributed by atoms with van der Waals surface area (Å²) in [6.45, 7) is 6.05. The second-order valence-electron chi connectivity index (χ2n) is 3.66. The molecule has 2 heterocycles. The maximum absolute atomic E-state index is 10.6. The van der Waals surface area contributed by atoms with Gasteiger partial charge in [0, 0.05) is 24.3 Å². The highest BCUT2D eigenvalue weighted by Gasteiger charge is 2.01. The fourth-order valence-corrected chi connectivity index (χ4v) is 1.31. The zero-order chi connectivity index (χ0) is 13.2. The van der Waals surface area contributed by atoms with E-state index in [1.165, 1.54) is 11.5 Å². The van der Waals surface area contributed by atoms with Crippen LogP contribution in [0.25, 0.3) is 0 Å². The minimum atomic E-state index is 0. The van der Waals surface area contributed by atoms with Crippen molar-refractivity contribution in [1.82, 2.24) is 0 Å². The first-order chi connectivity index (χ1) is 8.74. The maximum atomic E-state index is 10.6. The van der Waals surface area contributed by atoms with E-state index in [0.29, 0.717) is 0 Å². The zero-order valence-electron chi connectivity index (χ0n) is 11.3. The normalized spacial score (nSPS) is 8.05. The van der Waals surface area contributed by atoms with E-state index in [0.717, 1.165) is 6.54 Å². The first-order valence-electron chi connectivity index (χ1n) is 5.76. The van der Waals surface area contributed by atoms with Gasteiger partial charge in [0.25, 0.3) is 0 Å². The Balaban J connectivity index is 0. The summed E-state index contributed by atoms with van der Waals surface area (Å²) in [5, 5.41) is 0. The van der Waals surface area contributed by atoms with Crippen LogP contribution in [0.3, 0.4) is 0 Å². The molecule has 0 bridgehead atoms. The average molecular weight is 297 g/mol. The predicted octanol–water partition coefficient (Wildman–Crippen LogP) is -4.20. The average Bonchev–Trinajstić information content (AvgIpc) is 2.42. The van der Waals surface area contributed by atoms with E-state index in [-0.39, 0.29) is 23.0 Å². The summed E-state index contributed by atoms with van der Waals surface area (Å²) in [7, 11) is 0. The van der Waals surface area contributed by atoms with Gasteiger partial charge in [-0.2, -0.15) is 0 Å². The molecule has 2 aromatic rings. The highest BCUT2D eigenvalue weighted by atomic mass is 35.5. The number of carbonyl (C=O) groups excluding carboxylic acids is 1. The van der Waals surface area contributed by atoms with Crippen LogP contribution in [-0.4, -0.2) is 5.91 Å². The number of halogens is 2. The standard InChI is InChI=1S/C8H10N.C7H8NO.ClH.FH/c1-2-6-9-7-4-3-5-8-9;1-7(9)8-5-3-2-4-6-8;;/h2-5,7-8H,1,6H2;2-6H,1H3;2*1H/q2*+1;;/p-2. The van der Waals surface area contributed by atoms with Gasteiger partial charge in [-0.05, 0) is 6.08 Å². The van der Waals surface area contributed by atoms with E-state index in [2.05, 4.69) is 11.1 Å². The van der Waals surface area contributed by atoms with Crippen molar-refractivity contribution < 1.29 is 31.0 Å². The molecular weight excluding hydrogens is 279 g/mol. The molecule has 0 fully saturated rings. The number of carbonyl (C=O) groups is 1. The minimum absolute atomic E-state index is 0. The lowest BCUT2D eigenvalue weighted by Gasteiger charge is -1.86. The number of hydrogen-bond donors (Lipinski definition) is 0. The van der Waals surface area contributed by atoms with Crippen molar-refractivity contribution in [3.05, 3.63) is 73.8 Å². The summed E-state index contributed by atoms with van der Waals surface area (Å²) < 4.78 is 3.59. The molecule has 108 valence electrons. The maximum Gasteiger partial charge on any atom is 0.389 e. The van der Waals surface area contributed by atoms with Gasteiger partial charge in [-0.15, -0.1) is 4.57 Å². The van der Waals surface area contributed by atoms with Gasteiger partial charge < -0.3 is 17.1 Å². The Bertz CT molecular complexity index is 492. The topological polar surface area (TPSA) is 24.8 Å². The summed E-state index contributed by atoms with van der Waals surface area (Å²) in [5.41, 5.74) is 0. The highest BCUT2D eigenvalue weighted by Crippen LogP contribution is 1.76. The molecule has 5 heteroatoms. The lowest BCUT2D eigenvalue weighted by atomic mass is 10.5. The van der Waals surface area contributed by atoms with Gasteiger partial charge in [0.05, 0.1) is 6.92 Å². The van der Waals surface area contributed by atoms with Gasteiger partial charge >= 0.3 is 5.91 Å². The van der Waals surface area contributed by atoms with Crippen LogP contribution < -0.4 is 26.2 Å².